The van der Waals surface area contributed by atoms with Crippen molar-refractivity contribution in [1.29, 1.82) is 0 Å². The van der Waals surface area contributed by atoms with E-state index in [1.54, 1.807) is 24.3 Å². The lowest BCUT2D eigenvalue weighted by atomic mass is 10.2. The van der Waals surface area contributed by atoms with E-state index in [1.165, 1.54) is 12.3 Å². The van der Waals surface area contributed by atoms with E-state index in [9.17, 15) is 14.0 Å². The first-order chi connectivity index (χ1) is 14.0. The number of benzene rings is 1. The summed E-state index contributed by atoms with van der Waals surface area (Å²) in [5.41, 5.74) is 6.73. The third-order valence-electron chi connectivity index (χ3n) is 3.65. The molecule has 0 saturated heterocycles. The normalized spacial score (nSPS) is 10.4. The Morgan fingerprint density at radius 1 is 1.17 bits per heavy atom. The molecule has 29 heavy (non-hydrogen) atoms. The van der Waals surface area contributed by atoms with Crippen molar-refractivity contribution in [1.82, 2.24) is 9.97 Å². The number of aliphatic hydroxyl groups is 1. The zero-order chi connectivity index (χ0) is 20.8. The van der Waals surface area contributed by atoms with Crippen LogP contribution in [0.5, 0.6) is 0 Å². The fourth-order valence-electron chi connectivity index (χ4n) is 2.34. The van der Waals surface area contributed by atoms with E-state index in [0.717, 1.165) is 23.1 Å². The Morgan fingerprint density at radius 3 is 2.59 bits per heavy atom. The Morgan fingerprint density at radius 2 is 1.93 bits per heavy atom. The average molecular weight is 416 g/mol. The van der Waals surface area contributed by atoms with Crippen molar-refractivity contribution in [2.24, 2.45) is 5.73 Å². The van der Waals surface area contributed by atoms with Gasteiger partial charge in [0.15, 0.2) is 10.8 Å². The van der Waals surface area contributed by atoms with Crippen LogP contribution in [0.2, 0.25) is 0 Å². The molecular formula is C18H17FN6O3S. The van der Waals surface area contributed by atoms with Crippen LogP contribution in [0.4, 0.5) is 25.9 Å². The molecule has 2 aromatic heterocycles. The van der Waals surface area contributed by atoms with Crippen molar-refractivity contribution in [3.63, 3.8) is 0 Å². The maximum Gasteiger partial charge on any atom is 0.270 e. The maximum atomic E-state index is 13.2. The number of aromatic nitrogens is 2. The number of hydrogen-bond donors (Lipinski definition) is 5. The largest absolute Gasteiger partial charge is 0.395 e. The molecule has 0 bridgehead atoms. The van der Waals surface area contributed by atoms with Gasteiger partial charge in [0.1, 0.15) is 5.00 Å². The minimum Gasteiger partial charge on any atom is -0.395 e. The molecule has 2 amide bonds. The van der Waals surface area contributed by atoms with Crippen molar-refractivity contribution >= 4 is 44.7 Å². The summed E-state index contributed by atoms with van der Waals surface area (Å²) in [6.07, 6.45) is 1.28. The molecule has 0 unspecified atom stereocenters. The Bertz CT molecular complexity index is 1020. The quantitative estimate of drug-likeness (QED) is 0.354. The predicted octanol–water partition coefficient (Wildman–Crippen LogP) is 2.18. The zero-order valence-corrected chi connectivity index (χ0v) is 15.8. The topological polar surface area (TPSA) is 142 Å². The standard InChI is InChI=1S/C18H17FN6O3S/c19-13-9-12(5-6-22-13)23-18-24-14(15(20)27)17(29-18)25-16(28)10-1-3-11(4-2-10)21-7-8-26/h1-6,9,21,26H,7-8H2,(H2,20,27)(H,25,28)(H,22,23,24). The number of pyridine rings is 1. The highest BCUT2D eigenvalue weighted by atomic mass is 32.1. The van der Waals surface area contributed by atoms with E-state index >= 15 is 0 Å². The van der Waals surface area contributed by atoms with Crippen molar-refractivity contribution in [3.8, 4) is 0 Å². The highest BCUT2D eigenvalue weighted by Gasteiger charge is 2.19. The minimum atomic E-state index is -0.811. The van der Waals surface area contributed by atoms with Gasteiger partial charge in [0.25, 0.3) is 11.8 Å². The zero-order valence-electron chi connectivity index (χ0n) is 15.0. The number of carbonyl (C=O) groups is 2. The van der Waals surface area contributed by atoms with Gasteiger partial charge in [0.2, 0.25) is 5.95 Å². The van der Waals surface area contributed by atoms with E-state index < -0.39 is 17.8 Å². The summed E-state index contributed by atoms with van der Waals surface area (Å²) in [6, 6.07) is 9.27. The third-order valence-corrected chi connectivity index (χ3v) is 4.54. The Hall–Kier alpha value is -3.57. The Kier molecular flexibility index (Phi) is 6.32. The second-order valence-corrected chi connectivity index (χ2v) is 6.73. The van der Waals surface area contributed by atoms with Crippen LogP contribution in [0.1, 0.15) is 20.8 Å². The van der Waals surface area contributed by atoms with Gasteiger partial charge in [-0.25, -0.2) is 9.97 Å². The number of hydrogen-bond acceptors (Lipinski definition) is 8. The number of nitrogens with zero attached hydrogens (tertiary/aromatic N) is 2. The lowest BCUT2D eigenvalue weighted by Gasteiger charge is -2.06. The van der Waals surface area contributed by atoms with Gasteiger partial charge >= 0.3 is 0 Å². The van der Waals surface area contributed by atoms with Crippen molar-refractivity contribution < 1.29 is 19.1 Å². The molecule has 3 rings (SSSR count). The van der Waals surface area contributed by atoms with Crippen molar-refractivity contribution in [2.45, 2.75) is 0 Å². The molecule has 0 aliphatic rings. The lowest BCUT2D eigenvalue weighted by molar-refractivity contribution is 0.0997. The fraction of sp³-hybridized carbons (Fsp3) is 0.111. The number of primary amides is 1. The summed E-state index contributed by atoms with van der Waals surface area (Å²) < 4.78 is 13.2. The van der Waals surface area contributed by atoms with Crippen LogP contribution in [-0.2, 0) is 0 Å². The Balaban J connectivity index is 1.76. The van der Waals surface area contributed by atoms with Gasteiger partial charge in [-0.15, -0.1) is 0 Å². The molecule has 0 fully saturated rings. The number of nitrogens with two attached hydrogens (primary N) is 1. The number of halogens is 1. The van der Waals surface area contributed by atoms with Crippen molar-refractivity contribution in [3.05, 3.63) is 59.8 Å². The SMILES string of the molecule is NC(=O)c1nc(Nc2ccnc(F)c2)sc1NC(=O)c1ccc(NCCO)cc1. The van der Waals surface area contributed by atoms with Gasteiger partial charge < -0.3 is 26.8 Å². The fourth-order valence-corrected chi connectivity index (χ4v) is 3.23. The summed E-state index contributed by atoms with van der Waals surface area (Å²) in [7, 11) is 0. The molecular weight excluding hydrogens is 399 g/mol. The summed E-state index contributed by atoms with van der Waals surface area (Å²) in [5, 5.41) is 17.7. The number of nitrogens with one attached hydrogen (secondary N) is 3. The van der Waals surface area contributed by atoms with Crippen LogP contribution in [0, 0.1) is 5.95 Å². The van der Waals surface area contributed by atoms with Gasteiger partial charge in [-0.1, -0.05) is 11.3 Å². The molecule has 0 aliphatic heterocycles. The monoisotopic (exact) mass is 416 g/mol. The van der Waals surface area contributed by atoms with Gasteiger partial charge in [0, 0.05) is 35.7 Å². The first kappa shape index (κ1) is 20.2. The van der Waals surface area contributed by atoms with Crippen LogP contribution in [0.25, 0.3) is 0 Å². The van der Waals surface area contributed by atoms with Gasteiger partial charge in [-0.3, -0.25) is 9.59 Å². The van der Waals surface area contributed by atoms with Crippen LogP contribution < -0.4 is 21.7 Å². The van der Waals surface area contributed by atoms with Crippen LogP contribution >= 0.6 is 11.3 Å². The maximum absolute atomic E-state index is 13.2. The van der Waals surface area contributed by atoms with Gasteiger partial charge in [-0.05, 0) is 30.3 Å². The van der Waals surface area contributed by atoms with E-state index in [0.29, 0.717) is 17.8 Å². The number of anilines is 4. The molecule has 6 N–H and O–H groups in total. The van der Waals surface area contributed by atoms with Gasteiger partial charge in [0.05, 0.1) is 6.61 Å². The third kappa shape index (κ3) is 5.24. The summed E-state index contributed by atoms with van der Waals surface area (Å²) in [5.74, 6) is -1.94. The molecule has 2 heterocycles. The summed E-state index contributed by atoms with van der Waals surface area (Å²) in [4.78, 5) is 31.7. The second-order valence-electron chi connectivity index (χ2n) is 5.74. The van der Waals surface area contributed by atoms with E-state index in [-0.39, 0.29) is 22.4 Å². The van der Waals surface area contributed by atoms with E-state index in [4.69, 9.17) is 10.8 Å². The highest BCUT2D eigenvalue weighted by molar-refractivity contribution is 7.20. The molecule has 0 saturated carbocycles. The summed E-state index contributed by atoms with van der Waals surface area (Å²) in [6.45, 7) is 0.386. The first-order valence-electron chi connectivity index (χ1n) is 8.41. The van der Waals surface area contributed by atoms with Crippen LogP contribution in [-0.4, -0.2) is 40.0 Å². The molecule has 3 aromatic rings. The number of carbonyl (C=O) groups excluding carboxylic acids is 2. The van der Waals surface area contributed by atoms with Gasteiger partial charge in [-0.2, -0.15) is 4.39 Å². The first-order valence-corrected chi connectivity index (χ1v) is 9.23. The van der Waals surface area contributed by atoms with Crippen molar-refractivity contribution in [2.75, 3.05) is 29.1 Å². The molecule has 0 radical (unpaired) electrons. The number of rotatable bonds is 8. The summed E-state index contributed by atoms with van der Waals surface area (Å²) >= 11 is 0.988. The average Bonchev–Trinajstić information content (AvgIpc) is 3.09. The molecule has 150 valence electrons. The van der Waals surface area contributed by atoms with E-state index in [1.807, 2.05) is 0 Å². The predicted molar refractivity (Wildman–Crippen MR) is 108 cm³/mol. The molecule has 0 atom stereocenters. The molecule has 11 heteroatoms. The highest BCUT2D eigenvalue weighted by Crippen LogP contribution is 2.31. The number of thiazole rings is 1. The second kappa shape index (κ2) is 9.08. The lowest BCUT2D eigenvalue weighted by Crippen LogP contribution is -2.17. The van der Waals surface area contributed by atoms with E-state index in [2.05, 4.69) is 25.9 Å². The smallest absolute Gasteiger partial charge is 0.270 e. The van der Waals surface area contributed by atoms with Crippen LogP contribution in [0.3, 0.4) is 0 Å². The molecule has 1 aromatic carbocycles. The van der Waals surface area contributed by atoms with Crippen LogP contribution in [0.15, 0.2) is 42.6 Å². The minimum absolute atomic E-state index is 0.00792. The number of aliphatic hydroxyl groups excluding tert-OH is 1. The number of amides is 2. The molecule has 0 spiro atoms. The molecule has 0 aliphatic carbocycles. The Labute approximate surface area is 168 Å². The molecule has 9 nitrogen and oxygen atoms in total.